The van der Waals surface area contributed by atoms with Crippen molar-refractivity contribution in [1.29, 1.82) is 0 Å². The molecule has 0 saturated heterocycles. The van der Waals surface area contributed by atoms with Gasteiger partial charge in [-0.3, -0.25) is 9.10 Å². The van der Waals surface area contributed by atoms with Crippen LogP contribution in [-0.4, -0.2) is 45.7 Å². The maximum Gasteiger partial charge on any atom is 0.246 e. The van der Waals surface area contributed by atoms with Crippen molar-refractivity contribution < 1.29 is 22.3 Å². The summed E-state index contributed by atoms with van der Waals surface area (Å²) in [5.41, 5.74) is 1.00. The first-order chi connectivity index (χ1) is 13.6. The predicted octanol–water partition coefficient (Wildman–Crippen LogP) is 3.69. The smallest absolute Gasteiger partial charge is 0.246 e. The minimum Gasteiger partial charge on any atom is -0.497 e. The van der Waals surface area contributed by atoms with E-state index >= 15 is 0 Å². The summed E-state index contributed by atoms with van der Waals surface area (Å²) in [6.45, 7) is 2.01. The average molecular weight is 443 g/mol. The number of methoxy groups -OCH3 is 1. The number of carbonyl (C=O) groups is 1. The number of amides is 1. The van der Waals surface area contributed by atoms with Crippen LogP contribution in [0.25, 0.3) is 0 Å². The Balaban J connectivity index is 2.32. The normalized spacial score (nSPS) is 12.3. The van der Waals surface area contributed by atoms with Gasteiger partial charge in [-0.2, -0.15) is 0 Å². The quantitative estimate of drug-likeness (QED) is 0.625. The highest BCUT2D eigenvalue weighted by molar-refractivity contribution is 7.92. The second kappa shape index (κ2) is 9.45. The van der Waals surface area contributed by atoms with E-state index in [0.29, 0.717) is 12.3 Å². The van der Waals surface area contributed by atoms with Gasteiger partial charge in [-0.1, -0.05) is 30.7 Å². The molecular formula is C20H24ClFN2O4S. The van der Waals surface area contributed by atoms with Crippen molar-refractivity contribution in [3.05, 3.63) is 58.9 Å². The van der Waals surface area contributed by atoms with Crippen LogP contribution in [0.5, 0.6) is 5.75 Å². The number of likely N-dealkylation sites (N-methyl/N-ethyl adjacent to an activating group) is 1. The number of nitrogens with zero attached hydrogens (tertiary/aromatic N) is 2. The average Bonchev–Trinajstić information content (AvgIpc) is 2.67. The fraction of sp³-hybridized carbons (Fsp3) is 0.350. The summed E-state index contributed by atoms with van der Waals surface area (Å²) in [5, 5.41) is -0.218. The molecule has 0 radical (unpaired) electrons. The van der Waals surface area contributed by atoms with Crippen molar-refractivity contribution in [3.63, 3.8) is 0 Å². The summed E-state index contributed by atoms with van der Waals surface area (Å²) in [4.78, 5) is 14.6. The third kappa shape index (κ3) is 5.61. The molecule has 1 unspecified atom stereocenters. The van der Waals surface area contributed by atoms with Gasteiger partial charge in [0.1, 0.15) is 17.6 Å². The standard InChI is InChI=1S/C20H24ClFN2O4S/c1-5-19(20(25)23(2)13-14-6-9-16(28-3)10-7-14)24(29(4,26)27)15-8-11-18(22)17(21)12-15/h6-12,19H,5,13H2,1-4H3. The molecule has 0 N–H and O–H groups in total. The number of anilines is 1. The number of hydrogen-bond donors (Lipinski definition) is 0. The Labute approximate surface area is 175 Å². The maximum absolute atomic E-state index is 13.5. The Morgan fingerprint density at radius 3 is 2.31 bits per heavy atom. The van der Waals surface area contributed by atoms with Crippen LogP contribution in [-0.2, 0) is 21.4 Å². The molecule has 2 rings (SSSR count). The molecule has 2 aromatic rings. The first-order valence-electron chi connectivity index (χ1n) is 8.90. The van der Waals surface area contributed by atoms with E-state index in [1.54, 1.807) is 33.2 Å². The molecule has 0 heterocycles. The Bertz CT molecular complexity index is 967. The molecule has 1 amide bonds. The zero-order chi connectivity index (χ0) is 21.8. The third-order valence-corrected chi connectivity index (χ3v) is 5.89. The van der Waals surface area contributed by atoms with E-state index in [2.05, 4.69) is 0 Å². The summed E-state index contributed by atoms with van der Waals surface area (Å²) < 4.78 is 44.6. The highest BCUT2D eigenvalue weighted by Crippen LogP contribution is 2.28. The lowest BCUT2D eigenvalue weighted by molar-refractivity contribution is -0.131. The minimum absolute atomic E-state index is 0.136. The monoisotopic (exact) mass is 442 g/mol. The molecule has 29 heavy (non-hydrogen) atoms. The predicted molar refractivity (Wildman–Crippen MR) is 112 cm³/mol. The van der Waals surface area contributed by atoms with E-state index in [-0.39, 0.29) is 23.0 Å². The van der Waals surface area contributed by atoms with Gasteiger partial charge < -0.3 is 9.64 Å². The molecule has 0 aliphatic carbocycles. The van der Waals surface area contributed by atoms with E-state index < -0.39 is 21.9 Å². The van der Waals surface area contributed by atoms with E-state index in [1.165, 1.54) is 17.0 Å². The number of ether oxygens (including phenoxy) is 1. The minimum atomic E-state index is -3.83. The van der Waals surface area contributed by atoms with Gasteiger partial charge in [0.05, 0.1) is 24.1 Å². The molecular weight excluding hydrogens is 419 g/mol. The zero-order valence-electron chi connectivity index (χ0n) is 16.7. The second-order valence-corrected chi connectivity index (χ2v) is 8.89. The first kappa shape index (κ1) is 23.0. The van der Waals surface area contributed by atoms with Crippen molar-refractivity contribution >= 4 is 33.2 Å². The summed E-state index contributed by atoms with van der Waals surface area (Å²) in [6.07, 6.45) is 1.23. The Kier molecular flexibility index (Phi) is 7.48. The molecule has 0 fully saturated rings. The molecule has 0 saturated carbocycles. The molecule has 0 spiro atoms. The molecule has 0 bridgehead atoms. The molecule has 1 atom stereocenters. The highest BCUT2D eigenvalue weighted by atomic mass is 35.5. The topological polar surface area (TPSA) is 66.9 Å². The van der Waals surface area contributed by atoms with Crippen molar-refractivity contribution in [2.45, 2.75) is 25.9 Å². The molecule has 2 aromatic carbocycles. The second-order valence-electron chi connectivity index (χ2n) is 6.62. The van der Waals surface area contributed by atoms with Crippen molar-refractivity contribution in [2.75, 3.05) is 24.7 Å². The summed E-state index contributed by atoms with van der Waals surface area (Å²) in [6, 6.07) is 9.82. The molecule has 0 aromatic heterocycles. The summed E-state index contributed by atoms with van der Waals surface area (Å²) in [5.74, 6) is -0.348. The van der Waals surface area contributed by atoms with Crippen LogP contribution in [0, 0.1) is 5.82 Å². The van der Waals surface area contributed by atoms with Gasteiger partial charge in [0.25, 0.3) is 0 Å². The highest BCUT2D eigenvalue weighted by Gasteiger charge is 2.33. The number of carbonyl (C=O) groups excluding carboxylic acids is 1. The first-order valence-corrected chi connectivity index (χ1v) is 11.1. The number of sulfonamides is 1. The molecule has 6 nitrogen and oxygen atoms in total. The maximum atomic E-state index is 13.5. The van der Waals surface area contributed by atoms with Crippen molar-refractivity contribution in [3.8, 4) is 5.75 Å². The van der Waals surface area contributed by atoms with E-state index in [4.69, 9.17) is 16.3 Å². The largest absolute Gasteiger partial charge is 0.497 e. The Morgan fingerprint density at radius 1 is 1.21 bits per heavy atom. The van der Waals surface area contributed by atoms with Gasteiger partial charge in [0.15, 0.2) is 0 Å². The SMILES string of the molecule is CCC(C(=O)N(C)Cc1ccc(OC)cc1)N(c1ccc(F)c(Cl)c1)S(C)(=O)=O. The van der Waals surface area contributed by atoms with Crippen LogP contribution in [0.15, 0.2) is 42.5 Å². The lowest BCUT2D eigenvalue weighted by Crippen LogP contribution is -2.49. The lowest BCUT2D eigenvalue weighted by atomic mass is 10.1. The molecule has 0 aliphatic rings. The van der Waals surface area contributed by atoms with Gasteiger partial charge >= 0.3 is 0 Å². The summed E-state index contributed by atoms with van der Waals surface area (Å²) in [7, 11) is -0.659. The van der Waals surface area contributed by atoms with Crippen molar-refractivity contribution in [1.82, 2.24) is 4.90 Å². The fourth-order valence-corrected chi connectivity index (χ4v) is 4.38. The number of benzene rings is 2. The van der Waals surface area contributed by atoms with E-state index in [1.807, 2.05) is 12.1 Å². The lowest BCUT2D eigenvalue weighted by Gasteiger charge is -2.33. The number of rotatable bonds is 8. The fourth-order valence-electron chi connectivity index (χ4n) is 3.00. The van der Waals surface area contributed by atoms with Gasteiger partial charge in [-0.15, -0.1) is 0 Å². The third-order valence-electron chi connectivity index (χ3n) is 4.42. The van der Waals surface area contributed by atoms with Gasteiger partial charge in [0.2, 0.25) is 15.9 Å². The van der Waals surface area contributed by atoms with Crippen LogP contribution in [0.3, 0.4) is 0 Å². The van der Waals surface area contributed by atoms with Crippen LogP contribution in [0.2, 0.25) is 5.02 Å². The van der Waals surface area contributed by atoms with E-state index in [0.717, 1.165) is 22.2 Å². The van der Waals surface area contributed by atoms with Crippen LogP contribution >= 0.6 is 11.6 Å². The summed E-state index contributed by atoms with van der Waals surface area (Å²) >= 11 is 5.83. The van der Waals surface area contributed by atoms with Crippen LogP contribution < -0.4 is 9.04 Å². The van der Waals surface area contributed by atoms with Gasteiger partial charge in [-0.05, 0) is 42.3 Å². The van der Waals surface area contributed by atoms with E-state index in [9.17, 15) is 17.6 Å². The number of halogens is 2. The van der Waals surface area contributed by atoms with Gasteiger partial charge in [0, 0.05) is 13.6 Å². The van der Waals surface area contributed by atoms with Crippen LogP contribution in [0.1, 0.15) is 18.9 Å². The van der Waals surface area contributed by atoms with Gasteiger partial charge in [-0.25, -0.2) is 12.8 Å². The van der Waals surface area contributed by atoms with Crippen molar-refractivity contribution in [2.24, 2.45) is 0 Å². The molecule has 9 heteroatoms. The molecule has 0 aliphatic heterocycles. The Hall–Kier alpha value is -2.32. The number of hydrogen-bond acceptors (Lipinski definition) is 4. The van der Waals surface area contributed by atoms with Crippen LogP contribution in [0.4, 0.5) is 10.1 Å². The molecule has 158 valence electrons. The zero-order valence-corrected chi connectivity index (χ0v) is 18.3. The Morgan fingerprint density at radius 2 is 1.83 bits per heavy atom.